The highest BCUT2D eigenvalue weighted by Crippen LogP contribution is 2.40. The van der Waals surface area contributed by atoms with Crippen LogP contribution in [0.15, 0.2) is 30.3 Å². The Bertz CT molecular complexity index is 558. The number of anilines is 2. The number of nitrogens with zero attached hydrogens (tertiary/aromatic N) is 2. The molecule has 1 heterocycles. The molecular formula is C16H21N3S. The monoisotopic (exact) mass is 287 g/mol. The molecule has 0 bridgehead atoms. The average Bonchev–Trinajstić information content (AvgIpc) is 2.90. The zero-order chi connectivity index (χ0) is 13.9. The van der Waals surface area contributed by atoms with Gasteiger partial charge in [-0.1, -0.05) is 49.6 Å². The maximum absolute atomic E-state index is 6.11. The smallest absolute Gasteiger partial charge is 0.147 e. The van der Waals surface area contributed by atoms with E-state index in [0.29, 0.717) is 11.9 Å². The van der Waals surface area contributed by atoms with E-state index in [-0.39, 0.29) is 0 Å². The molecule has 1 aromatic carbocycles. The van der Waals surface area contributed by atoms with E-state index in [9.17, 15) is 0 Å². The Morgan fingerprint density at radius 3 is 2.55 bits per heavy atom. The third-order valence-electron chi connectivity index (χ3n) is 4.21. The predicted octanol–water partition coefficient (Wildman–Crippen LogP) is 4.16. The van der Waals surface area contributed by atoms with Crippen LogP contribution < -0.4 is 10.6 Å². The molecule has 2 N–H and O–H groups in total. The van der Waals surface area contributed by atoms with Crippen LogP contribution in [0.5, 0.6) is 0 Å². The third kappa shape index (κ3) is 2.52. The molecule has 0 spiro atoms. The summed E-state index contributed by atoms with van der Waals surface area (Å²) >= 11 is 1.52. The Kier molecular flexibility index (Phi) is 3.92. The zero-order valence-electron chi connectivity index (χ0n) is 11.9. The Hall–Kier alpha value is -1.55. The van der Waals surface area contributed by atoms with Gasteiger partial charge in [-0.2, -0.15) is 4.37 Å². The molecule has 3 rings (SSSR count). The third-order valence-corrected chi connectivity index (χ3v) is 5.16. The highest BCUT2D eigenvalue weighted by molar-refractivity contribution is 7.11. The molecule has 0 unspecified atom stereocenters. The number of hydrogen-bond donors (Lipinski definition) is 1. The number of hydrogen-bond acceptors (Lipinski definition) is 4. The summed E-state index contributed by atoms with van der Waals surface area (Å²) in [5.74, 6) is 0.652. The standard InChI is InChI=1S/C16H21N3S/c1-19(13-10-6-3-7-11-13)16-14(15(17)18-20-16)12-8-4-2-5-9-12/h2,4-5,8-9,13H,3,6-7,10-11H2,1H3,(H2,17,18). The summed E-state index contributed by atoms with van der Waals surface area (Å²) in [6, 6.07) is 11.0. The summed E-state index contributed by atoms with van der Waals surface area (Å²) in [6.45, 7) is 0. The minimum absolute atomic E-state index is 0.631. The van der Waals surface area contributed by atoms with E-state index in [1.165, 1.54) is 48.6 Å². The normalized spacial score (nSPS) is 16.2. The molecule has 0 amide bonds. The van der Waals surface area contributed by atoms with Crippen molar-refractivity contribution in [2.75, 3.05) is 17.7 Å². The van der Waals surface area contributed by atoms with Gasteiger partial charge in [0.2, 0.25) is 0 Å². The first kappa shape index (κ1) is 13.4. The number of nitrogen functional groups attached to an aromatic ring is 1. The molecule has 1 aliphatic rings. The van der Waals surface area contributed by atoms with Gasteiger partial charge < -0.3 is 10.6 Å². The molecule has 0 radical (unpaired) electrons. The van der Waals surface area contributed by atoms with E-state index < -0.39 is 0 Å². The van der Waals surface area contributed by atoms with Crippen LogP contribution in [0.3, 0.4) is 0 Å². The summed E-state index contributed by atoms with van der Waals surface area (Å²) in [7, 11) is 2.19. The van der Waals surface area contributed by atoms with Gasteiger partial charge >= 0.3 is 0 Å². The van der Waals surface area contributed by atoms with Gasteiger partial charge in [-0.25, -0.2) is 0 Å². The number of nitrogens with two attached hydrogens (primary N) is 1. The lowest BCUT2D eigenvalue weighted by molar-refractivity contribution is 0.429. The van der Waals surface area contributed by atoms with Gasteiger partial charge in [0, 0.05) is 13.1 Å². The Balaban J connectivity index is 1.94. The van der Waals surface area contributed by atoms with E-state index in [1.54, 1.807) is 0 Å². The highest BCUT2D eigenvalue weighted by atomic mass is 32.1. The second kappa shape index (κ2) is 5.83. The molecular weight excluding hydrogens is 266 g/mol. The summed E-state index contributed by atoms with van der Waals surface area (Å²) < 4.78 is 4.39. The van der Waals surface area contributed by atoms with E-state index in [4.69, 9.17) is 5.73 Å². The topological polar surface area (TPSA) is 42.2 Å². The van der Waals surface area contributed by atoms with Crippen LogP contribution in [0, 0.1) is 0 Å². The van der Waals surface area contributed by atoms with Gasteiger partial charge in [-0.15, -0.1) is 0 Å². The van der Waals surface area contributed by atoms with Crippen molar-refractivity contribution in [3.8, 4) is 11.1 Å². The van der Waals surface area contributed by atoms with Crippen LogP contribution in [-0.4, -0.2) is 17.5 Å². The summed E-state index contributed by atoms with van der Waals surface area (Å²) in [5.41, 5.74) is 8.38. The van der Waals surface area contributed by atoms with Crippen LogP contribution >= 0.6 is 11.5 Å². The largest absolute Gasteiger partial charge is 0.382 e. The molecule has 106 valence electrons. The van der Waals surface area contributed by atoms with Crippen molar-refractivity contribution in [3.05, 3.63) is 30.3 Å². The second-order valence-electron chi connectivity index (χ2n) is 5.52. The van der Waals surface area contributed by atoms with E-state index in [0.717, 1.165) is 11.1 Å². The Morgan fingerprint density at radius 2 is 1.85 bits per heavy atom. The molecule has 0 saturated heterocycles. The molecule has 1 aromatic heterocycles. The summed E-state index contributed by atoms with van der Waals surface area (Å²) in [5, 5.41) is 1.21. The number of aromatic nitrogens is 1. The maximum Gasteiger partial charge on any atom is 0.147 e. The van der Waals surface area contributed by atoms with Crippen molar-refractivity contribution in [3.63, 3.8) is 0 Å². The average molecular weight is 287 g/mol. The van der Waals surface area contributed by atoms with Gasteiger partial charge in [0.1, 0.15) is 10.8 Å². The predicted molar refractivity (Wildman–Crippen MR) is 87.2 cm³/mol. The van der Waals surface area contributed by atoms with E-state index in [2.05, 4.69) is 40.6 Å². The second-order valence-corrected chi connectivity index (χ2v) is 6.27. The minimum Gasteiger partial charge on any atom is -0.382 e. The molecule has 0 atom stereocenters. The van der Waals surface area contributed by atoms with Crippen molar-refractivity contribution >= 4 is 22.4 Å². The first-order valence-corrected chi connectivity index (χ1v) is 8.08. The quantitative estimate of drug-likeness (QED) is 0.921. The van der Waals surface area contributed by atoms with Crippen LogP contribution in [-0.2, 0) is 0 Å². The lowest BCUT2D eigenvalue weighted by atomic mass is 9.94. The fourth-order valence-electron chi connectivity index (χ4n) is 3.04. The van der Waals surface area contributed by atoms with Gasteiger partial charge in [-0.3, -0.25) is 0 Å². The van der Waals surface area contributed by atoms with Gasteiger partial charge in [0.15, 0.2) is 0 Å². The molecule has 2 aromatic rings. The van der Waals surface area contributed by atoms with Crippen molar-refractivity contribution in [2.24, 2.45) is 0 Å². The van der Waals surface area contributed by atoms with Crippen molar-refractivity contribution in [1.82, 2.24) is 4.37 Å². The Morgan fingerprint density at radius 1 is 1.15 bits per heavy atom. The lowest BCUT2D eigenvalue weighted by Crippen LogP contribution is -2.33. The number of benzene rings is 1. The Labute approximate surface area is 124 Å². The molecule has 1 fully saturated rings. The minimum atomic E-state index is 0.631. The van der Waals surface area contributed by atoms with Gasteiger partial charge in [0.05, 0.1) is 5.56 Å². The summed E-state index contributed by atoms with van der Waals surface area (Å²) in [4.78, 5) is 2.40. The molecule has 1 aliphatic carbocycles. The van der Waals surface area contributed by atoms with Crippen molar-refractivity contribution < 1.29 is 0 Å². The van der Waals surface area contributed by atoms with E-state index >= 15 is 0 Å². The van der Waals surface area contributed by atoms with Crippen molar-refractivity contribution in [2.45, 2.75) is 38.1 Å². The number of rotatable bonds is 3. The maximum atomic E-state index is 6.11. The fourth-order valence-corrected chi connectivity index (χ4v) is 3.91. The van der Waals surface area contributed by atoms with Gasteiger partial charge in [0.25, 0.3) is 0 Å². The molecule has 20 heavy (non-hydrogen) atoms. The lowest BCUT2D eigenvalue weighted by Gasteiger charge is -2.32. The van der Waals surface area contributed by atoms with Crippen LogP contribution in [0.25, 0.3) is 11.1 Å². The van der Waals surface area contributed by atoms with Crippen LogP contribution in [0.4, 0.5) is 10.8 Å². The summed E-state index contributed by atoms with van der Waals surface area (Å²) in [6.07, 6.45) is 6.61. The SMILES string of the molecule is CN(c1snc(N)c1-c1ccccc1)C1CCCCC1. The molecule has 4 heteroatoms. The first-order valence-electron chi connectivity index (χ1n) is 7.31. The highest BCUT2D eigenvalue weighted by Gasteiger charge is 2.23. The van der Waals surface area contributed by atoms with E-state index in [1.807, 2.05) is 6.07 Å². The molecule has 0 aliphatic heterocycles. The molecule has 3 nitrogen and oxygen atoms in total. The first-order chi connectivity index (χ1) is 9.77. The zero-order valence-corrected chi connectivity index (χ0v) is 12.7. The fraction of sp³-hybridized carbons (Fsp3) is 0.438. The molecule has 1 saturated carbocycles. The van der Waals surface area contributed by atoms with Crippen LogP contribution in [0.1, 0.15) is 32.1 Å². The van der Waals surface area contributed by atoms with Crippen LogP contribution in [0.2, 0.25) is 0 Å². The van der Waals surface area contributed by atoms with Gasteiger partial charge in [-0.05, 0) is 29.9 Å². The van der Waals surface area contributed by atoms with Crippen molar-refractivity contribution in [1.29, 1.82) is 0 Å².